The summed E-state index contributed by atoms with van der Waals surface area (Å²) < 4.78 is 14.1. The largest absolute Gasteiger partial charge is 0.350 e. The van der Waals surface area contributed by atoms with Crippen LogP contribution in [0.2, 0.25) is 5.02 Å². The number of benzene rings is 2. The summed E-state index contributed by atoms with van der Waals surface area (Å²) in [6.07, 6.45) is 0.297. The van der Waals surface area contributed by atoms with E-state index in [4.69, 9.17) is 11.6 Å². The Kier molecular flexibility index (Phi) is 7.80. The van der Waals surface area contributed by atoms with E-state index in [1.807, 2.05) is 39.8 Å². The molecule has 0 aliphatic rings. The van der Waals surface area contributed by atoms with Gasteiger partial charge in [-0.15, -0.1) is 0 Å². The molecule has 4 nitrogen and oxygen atoms in total. The summed E-state index contributed by atoms with van der Waals surface area (Å²) in [5, 5.41) is 3.46. The van der Waals surface area contributed by atoms with Gasteiger partial charge >= 0.3 is 0 Å². The number of nitrogens with one attached hydrogen (secondary N) is 1. The quantitative estimate of drug-likeness (QED) is 0.705. The van der Waals surface area contributed by atoms with E-state index in [0.29, 0.717) is 17.0 Å². The monoisotopic (exact) mass is 418 g/mol. The Morgan fingerprint density at radius 3 is 2.21 bits per heavy atom. The molecule has 0 heterocycles. The van der Waals surface area contributed by atoms with Crippen LogP contribution in [0.1, 0.15) is 45.2 Å². The summed E-state index contributed by atoms with van der Waals surface area (Å²) in [5.74, 6) is -1.01. The number of halogens is 2. The lowest BCUT2D eigenvalue weighted by atomic mass is 10.0. The molecule has 6 heteroatoms. The van der Waals surface area contributed by atoms with Gasteiger partial charge in [0.15, 0.2) is 0 Å². The third-order valence-corrected chi connectivity index (χ3v) is 4.85. The highest BCUT2D eigenvalue weighted by Crippen LogP contribution is 2.21. The van der Waals surface area contributed by atoms with Crippen LogP contribution in [0.25, 0.3) is 0 Å². The minimum absolute atomic E-state index is 0.129. The van der Waals surface area contributed by atoms with Gasteiger partial charge in [-0.1, -0.05) is 54.9 Å². The van der Waals surface area contributed by atoms with E-state index in [0.717, 1.165) is 5.56 Å². The summed E-state index contributed by atoms with van der Waals surface area (Å²) >= 11 is 6.29. The minimum atomic E-state index is -0.690. The molecular weight excluding hydrogens is 391 g/mol. The summed E-state index contributed by atoms with van der Waals surface area (Å²) in [6.45, 7) is 7.68. The maximum absolute atomic E-state index is 14.1. The molecule has 0 fully saturated rings. The van der Waals surface area contributed by atoms with Crippen molar-refractivity contribution in [1.29, 1.82) is 0 Å². The Balaban J connectivity index is 2.35. The van der Waals surface area contributed by atoms with Gasteiger partial charge in [0.05, 0.1) is 6.42 Å². The standard InChI is InChI=1S/C23H28ClFN2O2/c1-5-20(22(29)26-23(2,3)4)27(15-17-11-6-8-12-18(17)24)21(28)14-16-10-7-9-13-19(16)25/h6-13,20H,5,14-15H2,1-4H3,(H,26,29)/t20-/m0/s1. The lowest BCUT2D eigenvalue weighted by Crippen LogP contribution is -2.53. The Labute approximate surface area is 177 Å². The van der Waals surface area contributed by atoms with Crippen molar-refractivity contribution in [2.45, 2.75) is 58.7 Å². The van der Waals surface area contributed by atoms with Crippen molar-refractivity contribution in [3.63, 3.8) is 0 Å². The molecule has 0 spiro atoms. The molecule has 1 N–H and O–H groups in total. The zero-order chi connectivity index (χ0) is 21.6. The predicted octanol–water partition coefficient (Wildman–Crippen LogP) is 4.74. The molecule has 0 saturated heterocycles. The Bertz CT molecular complexity index is 864. The molecule has 0 unspecified atom stereocenters. The van der Waals surface area contributed by atoms with Crippen LogP contribution in [0.15, 0.2) is 48.5 Å². The Hall–Kier alpha value is -2.40. The third kappa shape index (κ3) is 6.57. The molecule has 0 aliphatic carbocycles. The van der Waals surface area contributed by atoms with Gasteiger partial charge in [-0.2, -0.15) is 0 Å². The van der Waals surface area contributed by atoms with Crippen LogP contribution in [0.4, 0.5) is 4.39 Å². The molecule has 0 aliphatic heterocycles. The number of hydrogen-bond donors (Lipinski definition) is 1. The van der Waals surface area contributed by atoms with E-state index >= 15 is 0 Å². The van der Waals surface area contributed by atoms with Gasteiger partial charge in [-0.3, -0.25) is 9.59 Å². The molecule has 2 aromatic carbocycles. The van der Waals surface area contributed by atoms with Crippen molar-refractivity contribution in [1.82, 2.24) is 10.2 Å². The number of carbonyl (C=O) groups excluding carboxylic acids is 2. The van der Waals surface area contributed by atoms with Crippen LogP contribution in [-0.4, -0.2) is 28.3 Å². The molecule has 0 saturated carbocycles. The van der Waals surface area contributed by atoms with Crippen LogP contribution < -0.4 is 5.32 Å². The first-order chi connectivity index (χ1) is 13.6. The highest BCUT2D eigenvalue weighted by Gasteiger charge is 2.31. The Morgan fingerprint density at radius 1 is 1.07 bits per heavy atom. The SMILES string of the molecule is CC[C@@H](C(=O)NC(C)(C)C)N(Cc1ccccc1Cl)C(=O)Cc1ccccc1F. The van der Waals surface area contributed by atoms with Gasteiger partial charge in [-0.25, -0.2) is 4.39 Å². The third-order valence-electron chi connectivity index (χ3n) is 4.48. The fourth-order valence-electron chi connectivity index (χ4n) is 3.09. The molecular formula is C23H28ClFN2O2. The smallest absolute Gasteiger partial charge is 0.243 e. The first-order valence-electron chi connectivity index (χ1n) is 9.70. The van der Waals surface area contributed by atoms with Crippen molar-refractivity contribution in [3.05, 3.63) is 70.5 Å². The van der Waals surface area contributed by atoms with Gasteiger partial charge in [0, 0.05) is 17.1 Å². The molecule has 156 valence electrons. The summed E-state index contributed by atoms with van der Waals surface area (Å²) in [6, 6.07) is 12.7. The number of nitrogens with zero attached hydrogens (tertiary/aromatic N) is 1. The second-order valence-electron chi connectivity index (χ2n) is 8.04. The molecule has 0 radical (unpaired) electrons. The topological polar surface area (TPSA) is 49.4 Å². The van der Waals surface area contributed by atoms with Gasteiger partial charge in [0.25, 0.3) is 0 Å². The number of hydrogen-bond acceptors (Lipinski definition) is 2. The summed E-state index contributed by atoms with van der Waals surface area (Å²) in [7, 11) is 0. The van der Waals surface area contributed by atoms with E-state index in [1.54, 1.807) is 30.3 Å². The average Bonchev–Trinajstić information content (AvgIpc) is 2.63. The number of amides is 2. The molecule has 1 atom stereocenters. The number of carbonyl (C=O) groups is 2. The van der Waals surface area contributed by atoms with Crippen molar-refractivity contribution in [3.8, 4) is 0 Å². The van der Waals surface area contributed by atoms with Crippen LogP contribution in [-0.2, 0) is 22.6 Å². The fourth-order valence-corrected chi connectivity index (χ4v) is 3.28. The molecule has 2 rings (SSSR count). The summed E-state index contributed by atoms with van der Waals surface area (Å²) in [4.78, 5) is 27.6. The second kappa shape index (κ2) is 9.88. The zero-order valence-electron chi connectivity index (χ0n) is 17.3. The molecule has 29 heavy (non-hydrogen) atoms. The summed E-state index contributed by atoms with van der Waals surface area (Å²) in [5.41, 5.74) is 0.598. The normalized spacial score (nSPS) is 12.3. The predicted molar refractivity (Wildman–Crippen MR) is 114 cm³/mol. The van der Waals surface area contributed by atoms with E-state index in [-0.39, 0.29) is 24.8 Å². The van der Waals surface area contributed by atoms with Crippen molar-refractivity contribution in [2.75, 3.05) is 0 Å². The molecule has 2 amide bonds. The molecule has 0 bridgehead atoms. The minimum Gasteiger partial charge on any atom is -0.350 e. The first kappa shape index (κ1) is 22.9. The van der Waals surface area contributed by atoms with Crippen LogP contribution in [0.5, 0.6) is 0 Å². The zero-order valence-corrected chi connectivity index (χ0v) is 18.1. The van der Waals surface area contributed by atoms with Gasteiger partial charge < -0.3 is 10.2 Å². The van der Waals surface area contributed by atoms with Gasteiger partial charge in [-0.05, 0) is 50.5 Å². The van der Waals surface area contributed by atoms with Crippen LogP contribution >= 0.6 is 11.6 Å². The highest BCUT2D eigenvalue weighted by molar-refractivity contribution is 6.31. The van der Waals surface area contributed by atoms with Gasteiger partial charge in [0.1, 0.15) is 11.9 Å². The first-order valence-corrected chi connectivity index (χ1v) is 10.1. The lowest BCUT2D eigenvalue weighted by molar-refractivity contribution is -0.141. The lowest BCUT2D eigenvalue weighted by Gasteiger charge is -2.33. The van der Waals surface area contributed by atoms with E-state index in [1.165, 1.54) is 11.0 Å². The van der Waals surface area contributed by atoms with E-state index in [9.17, 15) is 14.0 Å². The molecule has 0 aromatic heterocycles. The van der Waals surface area contributed by atoms with Crippen LogP contribution in [0.3, 0.4) is 0 Å². The van der Waals surface area contributed by atoms with Crippen molar-refractivity contribution >= 4 is 23.4 Å². The second-order valence-corrected chi connectivity index (χ2v) is 8.45. The number of rotatable bonds is 7. The van der Waals surface area contributed by atoms with E-state index in [2.05, 4.69) is 5.32 Å². The van der Waals surface area contributed by atoms with Crippen molar-refractivity contribution in [2.24, 2.45) is 0 Å². The van der Waals surface area contributed by atoms with E-state index < -0.39 is 17.4 Å². The fraction of sp³-hybridized carbons (Fsp3) is 0.391. The van der Waals surface area contributed by atoms with Gasteiger partial charge in [0.2, 0.25) is 11.8 Å². The average molecular weight is 419 g/mol. The maximum atomic E-state index is 14.1. The highest BCUT2D eigenvalue weighted by atomic mass is 35.5. The maximum Gasteiger partial charge on any atom is 0.243 e. The molecule has 2 aromatic rings. The van der Waals surface area contributed by atoms with Crippen molar-refractivity contribution < 1.29 is 14.0 Å². The Morgan fingerprint density at radius 2 is 1.66 bits per heavy atom. The van der Waals surface area contributed by atoms with Crippen LogP contribution in [0, 0.1) is 5.82 Å².